The van der Waals surface area contributed by atoms with E-state index in [1.54, 1.807) is 0 Å². The molecule has 0 aliphatic rings. The highest BCUT2D eigenvalue weighted by molar-refractivity contribution is 5.67. The SMILES string of the molecule is CC(=O)OCCOCCOCCOCCOCCOCCOCCOCCOCCNC(=O)OCc1ccccc1. The molecule has 1 aromatic carbocycles. The van der Waals surface area contributed by atoms with Gasteiger partial charge in [-0.05, 0) is 5.56 Å². The zero-order chi connectivity index (χ0) is 29.5. The van der Waals surface area contributed by atoms with Crippen molar-refractivity contribution in [1.82, 2.24) is 5.32 Å². The molecule has 0 aliphatic heterocycles. The van der Waals surface area contributed by atoms with Gasteiger partial charge in [-0.15, -0.1) is 0 Å². The van der Waals surface area contributed by atoms with Gasteiger partial charge in [0.15, 0.2) is 0 Å². The third-order valence-electron chi connectivity index (χ3n) is 4.87. The molecule has 13 heteroatoms. The van der Waals surface area contributed by atoms with E-state index in [1.807, 2.05) is 30.3 Å². The molecule has 13 nitrogen and oxygen atoms in total. The first-order valence-electron chi connectivity index (χ1n) is 13.9. The molecule has 0 aromatic heterocycles. The second-order valence-electron chi connectivity index (χ2n) is 8.23. The lowest BCUT2D eigenvalue weighted by Crippen LogP contribution is -2.28. The number of hydrogen-bond acceptors (Lipinski definition) is 12. The molecule has 0 heterocycles. The molecule has 1 N–H and O–H groups in total. The molecule has 0 saturated carbocycles. The van der Waals surface area contributed by atoms with Gasteiger partial charge in [0.2, 0.25) is 0 Å². The standard InChI is InChI=1S/C28H47NO12/c1-26(30)40-24-23-39-22-21-38-20-19-37-18-17-36-16-15-35-14-13-34-12-11-33-10-9-32-8-7-29-28(31)41-25-27-5-3-2-4-6-27/h2-6H,7-25H2,1H3,(H,29,31). The lowest BCUT2D eigenvalue weighted by atomic mass is 10.2. The Bertz CT molecular complexity index is 725. The molecule has 0 fully saturated rings. The molecule has 0 spiro atoms. The number of amides is 1. The van der Waals surface area contributed by atoms with Crippen LogP contribution >= 0.6 is 0 Å². The van der Waals surface area contributed by atoms with Crippen LogP contribution in [0.5, 0.6) is 0 Å². The highest BCUT2D eigenvalue weighted by Crippen LogP contribution is 2.00. The second kappa shape index (κ2) is 29.1. The minimum atomic E-state index is -0.472. The highest BCUT2D eigenvalue weighted by Gasteiger charge is 2.02. The lowest BCUT2D eigenvalue weighted by molar-refractivity contribution is -0.142. The van der Waals surface area contributed by atoms with Gasteiger partial charge in [0.25, 0.3) is 0 Å². The van der Waals surface area contributed by atoms with E-state index in [0.29, 0.717) is 112 Å². The van der Waals surface area contributed by atoms with Crippen molar-refractivity contribution in [2.75, 3.05) is 119 Å². The molecular formula is C28H47NO12. The fraction of sp³-hybridized carbons (Fsp3) is 0.714. The first-order valence-corrected chi connectivity index (χ1v) is 13.9. The molecule has 1 aromatic rings. The van der Waals surface area contributed by atoms with E-state index in [4.69, 9.17) is 47.4 Å². The van der Waals surface area contributed by atoms with Crippen molar-refractivity contribution in [3.05, 3.63) is 35.9 Å². The summed E-state index contributed by atoms with van der Waals surface area (Å²) in [6, 6.07) is 9.49. The normalized spacial score (nSPS) is 11.0. The summed E-state index contributed by atoms with van der Waals surface area (Å²) < 4.78 is 53.0. The van der Waals surface area contributed by atoms with Gasteiger partial charge < -0.3 is 52.7 Å². The van der Waals surface area contributed by atoms with E-state index >= 15 is 0 Å². The predicted octanol–water partition coefficient (Wildman–Crippen LogP) is 1.61. The van der Waals surface area contributed by atoms with Crippen LogP contribution in [0.25, 0.3) is 0 Å². The number of ether oxygens (including phenoxy) is 10. The van der Waals surface area contributed by atoms with Crippen LogP contribution in [-0.2, 0) is 58.8 Å². The van der Waals surface area contributed by atoms with E-state index in [0.717, 1.165) is 5.56 Å². The van der Waals surface area contributed by atoms with Gasteiger partial charge >= 0.3 is 12.1 Å². The van der Waals surface area contributed by atoms with Crippen LogP contribution in [0.2, 0.25) is 0 Å². The maximum Gasteiger partial charge on any atom is 0.407 e. The number of carbonyl (C=O) groups is 2. The molecule has 41 heavy (non-hydrogen) atoms. The Morgan fingerprint density at radius 3 is 1.27 bits per heavy atom. The number of hydrogen-bond donors (Lipinski definition) is 1. The first kappa shape index (κ1) is 36.7. The number of rotatable bonds is 29. The molecule has 0 radical (unpaired) electrons. The van der Waals surface area contributed by atoms with Crippen LogP contribution in [0, 0.1) is 0 Å². The molecule has 0 unspecified atom stereocenters. The van der Waals surface area contributed by atoms with E-state index < -0.39 is 6.09 Å². The Morgan fingerprint density at radius 2 is 0.878 bits per heavy atom. The quantitative estimate of drug-likeness (QED) is 0.107. The second-order valence-corrected chi connectivity index (χ2v) is 8.23. The summed E-state index contributed by atoms with van der Waals surface area (Å²) in [6.45, 7) is 9.51. The Labute approximate surface area is 242 Å². The number of alkyl carbamates (subject to hydrolysis) is 1. The van der Waals surface area contributed by atoms with E-state index in [9.17, 15) is 9.59 Å². The Kier molecular flexibility index (Phi) is 26.1. The van der Waals surface area contributed by atoms with Gasteiger partial charge in [-0.2, -0.15) is 0 Å². The summed E-state index contributed by atoms with van der Waals surface area (Å²) in [6.07, 6.45) is -0.472. The predicted molar refractivity (Wildman–Crippen MR) is 148 cm³/mol. The smallest absolute Gasteiger partial charge is 0.407 e. The van der Waals surface area contributed by atoms with Crippen LogP contribution in [-0.4, -0.2) is 131 Å². The Balaban J connectivity index is 1.66. The molecule has 0 aliphatic carbocycles. The third kappa shape index (κ3) is 27.6. The average molecular weight is 590 g/mol. The molecule has 1 rings (SSSR count). The van der Waals surface area contributed by atoms with Gasteiger partial charge in [0, 0.05) is 13.5 Å². The monoisotopic (exact) mass is 589 g/mol. The van der Waals surface area contributed by atoms with Crippen molar-refractivity contribution in [3.8, 4) is 0 Å². The molecule has 236 valence electrons. The third-order valence-corrected chi connectivity index (χ3v) is 4.87. The summed E-state index contributed by atoms with van der Waals surface area (Å²) in [7, 11) is 0. The minimum absolute atomic E-state index is 0.236. The van der Waals surface area contributed by atoms with Crippen LogP contribution in [0.4, 0.5) is 4.79 Å². The van der Waals surface area contributed by atoms with Crippen LogP contribution in [0.3, 0.4) is 0 Å². The summed E-state index contributed by atoms with van der Waals surface area (Å²) in [4.78, 5) is 22.2. The summed E-state index contributed by atoms with van der Waals surface area (Å²) in [5, 5.41) is 2.63. The zero-order valence-electron chi connectivity index (χ0n) is 24.2. The highest BCUT2D eigenvalue weighted by atomic mass is 16.6. The molecule has 0 bridgehead atoms. The molecule has 0 atom stereocenters. The zero-order valence-corrected chi connectivity index (χ0v) is 24.2. The van der Waals surface area contributed by atoms with Crippen molar-refractivity contribution in [2.24, 2.45) is 0 Å². The van der Waals surface area contributed by atoms with Crippen molar-refractivity contribution in [3.63, 3.8) is 0 Å². The van der Waals surface area contributed by atoms with Crippen molar-refractivity contribution >= 4 is 12.1 Å². The van der Waals surface area contributed by atoms with Gasteiger partial charge in [0.05, 0.1) is 106 Å². The summed E-state index contributed by atoms with van der Waals surface area (Å²) in [5.74, 6) is -0.315. The Morgan fingerprint density at radius 1 is 0.512 bits per heavy atom. The Hall–Kier alpha value is -2.36. The van der Waals surface area contributed by atoms with Crippen LogP contribution in [0.1, 0.15) is 12.5 Å². The van der Waals surface area contributed by atoms with Crippen molar-refractivity contribution in [2.45, 2.75) is 13.5 Å². The van der Waals surface area contributed by atoms with E-state index in [1.165, 1.54) is 6.92 Å². The van der Waals surface area contributed by atoms with E-state index in [2.05, 4.69) is 5.32 Å². The number of esters is 1. The maximum absolute atomic E-state index is 11.6. The fourth-order valence-corrected chi connectivity index (χ4v) is 2.89. The fourth-order valence-electron chi connectivity index (χ4n) is 2.89. The number of benzene rings is 1. The van der Waals surface area contributed by atoms with Gasteiger partial charge in [-0.1, -0.05) is 30.3 Å². The van der Waals surface area contributed by atoms with Gasteiger partial charge in [-0.25, -0.2) is 4.79 Å². The maximum atomic E-state index is 11.6. The summed E-state index contributed by atoms with van der Waals surface area (Å²) in [5.41, 5.74) is 0.936. The first-order chi connectivity index (χ1) is 20.2. The number of carbonyl (C=O) groups excluding carboxylic acids is 2. The molecule has 0 saturated heterocycles. The lowest BCUT2D eigenvalue weighted by Gasteiger charge is -2.09. The van der Waals surface area contributed by atoms with Gasteiger partial charge in [-0.3, -0.25) is 4.79 Å². The van der Waals surface area contributed by atoms with Crippen LogP contribution in [0.15, 0.2) is 30.3 Å². The topological polar surface area (TPSA) is 138 Å². The van der Waals surface area contributed by atoms with E-state index in [-0.39, 0.29) is 19.2 Å². The van der Waals surface area contributed by atoms with Gasteiger partial charge in [0.1, 0.15) is 13.2 Å². The van der Waals surface area contributed by atoms with Crippen molar-refractivity contribution < 1.29 is 57.0 Å². The largest absolute Gasteiger partial charge is 0.463 e. The van der Waals surface area contributed by atoms with Crippen LogP contribution < -0.4 is 5.32 Å². The molecular weight excluding hydrogens is 542 g/mol. The molecule has 1 amide bonds. The number of nitrogens with one attached hydrogen (secondary N) is 1. The minimum Gasteiger partial charge on any atom is -0.463 e. The van der Waals surface area contributed by atoms with Crippen molar-refractivity contribution in [1.29, 1.82) is 0 Å². The summed E-state index contributed by atoms with van der Waals surface area (Å²) >= 11 is 0. The average Bonchev–Trinajstić information content (AvgIpc) is 2.98.